The lowest BCUT2D eigenvalue weighted by atomic mass is 9.96. The van der Waals surface area contributed by atoms with E-state index in [1.165, 1.54) is 6.08 Å². The molecule has 4 rings (SSSR count). The molecule has 3 heterocycles. The maximum atomic E-state index is 12.5. The summed E-state index contributed by atoms with van der Waals surface area (Å²) in [4.78, 5) is 34.8. The molecule has 2 aromatic heterocycles. The lowest BCUT2D eigenvalue weighted by Crippen LogP contribution is -2.40. The second kappa shape index (κ2) is 7.59. The Balaban J connectivity index is 1.41. The first-order chi connectivity index (χ1) is 13.6. The molecule has 8 heteroatoms. The third kappa shape index (κ3) is 3.62. The van der Waals surface area contributed by atoms with Crippen LogP contribution in [0, 0.1) is 5.92 Å². The van der Waals surface area contributed by atoms with E-state index in [0.29, 0.717) is 37.4 Å². The van der Waals surface area contributed by atoms with Gasteiger partial charge in [-0.1, -0.05) is 18.7 Å². The summed E-state index contributed by atoms with van der Waals surface area (Å²) in [5.41, 5.74) is 2.19. The van der Waals surface area contributed by atoms with Crippen molar-refractivity contribution >= 4 is 28.5 Å². The number of hydrogen-bond acceptors (Lipinski definition) is 5. The third-order valence-corrected chi connectivity index (χ3v) is 4.87. The molecule has 0 bridgehead atoms. The van der Waals surface area contributed by atoms with E-state index in [1.54, 1.807) is 28.2 Å². The number of hydrogen-bond donors (Lipinski definition) is 1. The number of carbonyl (C=O) groups excluding carboxylic acids is 2. The Labute approximate surface area is 161 Å². The van der Waals surface area contributed by atoms with Gasteiger partial charge >= 0.3 is 0 Å². The number of fused-ring (bicyclic) bond motifs is 1. The van der Waals surface area contributed by atoms with E-state index < -0.39 is 0 Å². The fourth-order valence-corrected chi connectivity index (χ4v) is 3.31. The molecule has 0 spiro atoms. The zero-order chi connectivity index (χ0) is 19.5. The number of nitrogens with zero attached hydrogens (tertiary/aromatic N) is 5. The highest BCUT2D eigenvalue weighted by molar-refractivity contribution is 5.93. The fourth-order valence-electron chi connectivity index (χ4n) is 3.31. The van der Waals surface area contributed by atoms with Gasteiger partial charge in [0.25, 0.3) is 0 Å². The van der Waals surface area contributed by atoms with E-state index in [0.717, 1.165) is 11.0 Å². The van der Waals surface area contributed by atoms with Crippen LogP contribution in [0.5, 0.6) is 0 Å². The topological polar surface area (TPSA) is 93.0 Å². The summed E-state index contributed by atoms with van der Waals surface area (Å²) >= 11 is 0. The number of likely N-dealkylation sites (tertiary alicyclic amines) is 1. The van der Waals surface area contributed by atoms with Crippen LogP contribution < -0.4 is 5.32 Å². The minimum Gasteiger partial charge on any atom is -0.339 e. The smallest absolute Gasteiger partial charge is 0.245 e. The number of carbonyl (C=O) groups is 2. The van der Waals surface area contributed by atoms with E-state index in [4.69, 9.17) is 0 Å². The van der Waals surface area contributed by atoms with Crippen molar-refractivity contribution in [3.8, 4) is 5.82 Å². The number of piperidine rings is 1. The van der Waals surface area contributed by atoms with Gasteiger partial charge in [0, 0.05) is 19.0 Å². The lowest BCUT2D eigenvalue weighted by molar-refractivity contribution is -0.130. The highest BCUT2D eigenvalue weighted by Crippen LogP contribution is 2.20. The minimum atomic E-state index is -0.127. The molecule has 1 saturated heterocycles. The van der Waals surface area contributed by atoms with Crippen molar-refractivity contribution in [2.75, 3.05) is 18.4 Å². The van der Waals surface area contributed by atoms with Crippen LogP contribution in [0.15, 0.2) is 55.5 Å². The molecule has 0 saturated carbocycles. The summed E-state index contributed by atoms with van der Waals surface area (Å²) in [5, 5.41) is 7.18. The molecule has 28 heavy (non-hydrogen) atoms. The molecule has 0 unspecified atom stereocenters. The van der Waals surface area contributed by atoms with Crippen LogP contribution in [0.4, 0.5) is 5.69 Å². The molecule has 1 fully saturated rings. The fraction of sp³-hybridized carbons (Fsp3) is 0.250. The molecule has 0 aliphatic carbocycles. The predicted molar refractivity (Wildman–Crippen MR) is 105 cm³/mol. The van der Waals surface area contributed by atoms with E-state index in [2.05, 4.69) is 27.0 Å². The number of rotatable bonds is 4. The molecule has 1 N–H and O–H groups in total. The molecule has 0 atom stereocenters. The summed E-state index contributed by atoms with van der Waals surface area (Å²) in [5.74, 6) is 0.305. The van der Waals surface area contributed by atoms with Gasteiger partial charge in [-0.05, 0) is 31.1 Å². The van der Waals surface area contributed by atoms with Crippen molar-refractivity contribution < 1.29 is 9.59 Å². The van der Waals surface area contributed by atoms with E-state index in [9.17, 15) is 9.59 Å². The highest BCUT2D eigenvalue weighted by Gasteiger charge is 2.26. The molecule has 8 nitrogen and oxygen atoms in total. The van der Waals surface area contributed by atoms with E-state index in [1.807, 2.05) is 24.3 Å². The van der Waals surface area contributed by atoms with Gasteiger partial charge < -0.3 is 10.2 Å². The first kappa shape index (κ1) is 17.8. The van der Waals surface area contributed by atoms with Crippen LogP contribution in [-0.4, -0.2) is 49.6 Å². The SMILES string of the molecule is C=CC(=O)N1CCC(C(=O)Nc2cnn(-c3cnc4ccccc4n3)c2)CC1. The Morgan fingerprint density at radius 3 is 2.64 bits per heavy atom. The van der Waals surface area contributed by atoms with Crippen LogP contribution in [0.2, 0.25) is 0 Å². The van der Waals surface area contributed by atoms with Crippen LogP contribution in [0.3, 0.4) is 0 Å². The zero-order valence-electron chi connectivity index (χ0n) is 15.3. The zero-order valence-corrected chi connectivity index (χ0v) is 15.3. The quantitative estimate of drug-likeness (QED) is 0.705. The first-order valence-corrected chi connectivity index (χ1v) is 9.13. The van der Waals surface area contributed by atoms with Crippen molar-refractivity contribution in [3.05, 3.63) is 55.5 Å². The summed E-state index contributed by atoms with van der Waals surface area (Å²) in [7, 11) is 0. The highest BCUT2D eigenvalue weighted by atomic mass is 16.2. The largest absolute Gasteiger partial charge is 0.339 e. The van der Waals surface area contributed by atoms with Gasteiger partial charge in [-0.3, -0.25) is 14.6 Å². The molecule has 0 radical (unpaired) electrons. The van der Waals surface area contributed by atoms with Gasteiger partial charge in [-0.2, -0.15) is 5.10 Å². The normalized spacial score (nSPS) is 14.8. The van der Waals surface area contributed by atoms with Crippen molar-refractivity contribution in [2.45, 2.75) is 12.8 Å². The molecule has 142 valence electrons. The van der Waals surface area contributed by atoms with Crippen LogP contribution >= 0.6 is 0 Å². The van der Waals surface area contributed by atoms with Crippen molar-refractivity contribution in [2.24, 2.45) is 5.92 Å². The standard InChI is InChI=1S/C20H20N6O2/c1-2-19(27)25-9-7-14(8-10-25)20(28)23-15-11-22-26(13-15)18-12-21-16-5-3-4-6-17(16)24-18/h2-6,11-14H,1,7-10H2,(H,23,28). The lowest BCUT2D eigenvalue weighted by Gasteiger charge is -2.30. The summed E-state index contributed by atoms with van der Waals surface area (Å²) in [6.07, 6.45) is 7.53. The average molecular weight is 376 g/mol. The Kier molecular flexibility index (Phi) is 4.84. The number of para-hydroxylation sites is 2. The maximum absolute atomic E-state index is 12.5. The van der Waals surface area contributed by atoms with Gasteiger partial charge in [0.1, 0.15) is 0 Å². The summed E-state index contributed by atoms with van der Waals surface area (Å²) in [6.45, 7) is 4.63. The second-order valence-electron chi connectivity index (χ2n) is 6.68. The Bertz CT molecular complexity index is 1040. The van der Waals surface area contributed by atoms with Gasteiger partial charge in [-0.25, -0.2) is 9.67 Å². The number of nitrogens with one attached hydrogen (secondary N) is 1. The van der Waals surface area contributed by atoms with Gasteiger partial charge in [0.05, 0.1) is 35.3 Å². The molecular formula is C20H20N6O2. The van der Waals surface area contributed by atoms with Gasteiger partial charge in [-0.15, -0.1) is 0 Å². The monoisotopic (exact) mass is 376 g/mol. The minimum absolute atomic E-state index is 0.0603. The number of anilines is 1. The van der Waals surface area contributed by atoms with Crippen LogP contribution in [0.25, 0.3) is 16.9 Å². The van der Waals surface area contributed by atoms with Crippen molar-refractivity contribution in [1.82, 2.24) is 24.6 Å². The van der Waals surface area contributed by atoms with Crippen molar-refractivity contribution in [3.63, 3.8) is 0 Å². The number of aromatic nitrogens is 4. The Morgan fingerprint density at radius 1 is 1.14 bits per heavy atom. The first-order valence-electron chi connectivity index (χ1n) is 9.13. The Morgan fingerprint density at radius 2 is 1.89 bits per heavy atom. The second-order valence-corrected chi connectivity index (χ2v) is 6.68. The molecule has 1 aliphatic rings. The molecule has 1 aromatic carbocycles. The third-order valence-electron chi connectivity index (χ3n) is 4.87. The van der Waals surface area contributed by atoms with E-state index in [-0.39, 0.29) is 17.7 Å². The number of amides is 2. The summed E-state index contributed by atoms with van der Waals surface area (Å²) < 4.78 is 1.58. The van der Waals surface area contributed by atoms with Crippen molar-refractivity contribution in [1.29, 1.82) is 0 Å². The predicted octanol–water partition coefficient (Wildman–Crippen LogP) is 2.18. The summed E-state index contributed by atoms with van der Waals surface area (Å²) in [6, 6.07) is 7.61. The van der Waals surface area contributed by atoms with Crippen LogP contribution in [-0.2, 0) is 9.59 Å². The number of benzene rings is 1. The Hall–Kier alpha value is -3.55. The maximum Gasteiger partial charge on any atom is 0.245 e. The van der Waals surface area contributed by atoms with Gasteiger partial charge in [0.2, 0.25) is 11.8 Å². The molecular weight excluding hydrogens is 356 g/mol. The van der Waals surface area contributed by atoms with E-state index >= 15 is 0 Å². The molecule has 2 amide bonds. The van der Waals surface area contributed by atoms with Crippen LogP contribution in [0.1, 0.15) is 12.8 Å². The average Bonchev–Trinajstić information content (AvgIpc) is 3.21. The molecule has 3 aromatic rings. The molecule has 1 aliphatic heterocycles. The van der Waals surface area contributed by atoms with Gasteiger partial charge in [0.15, 0.2) is 5.82 Å².